The highest BCUT2D eigenvalue weighted by Gasteiger charge is 2.33. The predicted octanol–water partition coefficient (Wildman–Crippen LogP) is 2.42. The number of aliphatic hydroxyl groups is 1. The first kappa shape index (κ1) is 15.6. The Balaban J connectivity index is 1.57. The van der Waals surface area contributed by atoms with Crippen molar-refractivity contribution in [3.05, 3.63) is 46.5 Å². The van der Waals surface area contributed by atoms with Crippen molar-refractivity contribution in [1.29, 1.82) is 0 Å². The number of carbonyl (C=O) groups is 1. The monoisotopic (exact) mass is 346 g/mol. The third-order valence-electron chi connectivity index (χ3n) is 4.69. The smallest absolute Gasteiger partial charge is 0.255 e. The van der Waals surface area contributed by atoms with Crippen LogP contribution in [-0.2, 0) is 13.1 Å². The van der Waals surface area contributed by atoms with Crippen molar-refractivity contribution >= 4 is 17.5 Å². The van der Waals surface area contributed by atoms with E-state index in [-0.39, 0.29) is 5.91 Å². The van der Waals surface area contributed by atoms with Crippen LogP contribution in [-0.4, -0.2) is 37.2 Å². The standard InChI is InChI=1S/C17H19ClN4O2/c18-14-9-19-5-4-13(14)17(24)21-6-1-7-22-12(10-21)8-15(20-22)16(23)11-2-3-11/h4-5,8-9,11,16,23H,1-3,6-7,10H2/t16-/m1/s1. The van der Waals surface area contributed by atoms with Gasteiger partial charge in [0, 0.05) is 25.5 Å². The van der Waals surface area contributed by atoms with Crippen molar-refractivity contribution in [3.63, 3.8) is 0 Å². The first-order valence-corrected chi connectivity index (χ1v) is 8.65. The predicted molar refractivity (Wildman–Crippen MR) is 88.5 cm³/mol. The van der Waals surface area contributed by atoms with E-state index in [9.17, 15) is 9.90 Å². The zero-order valence-corrected chi connectivity index (χ0v) is 14.0. The second kappa shape index (κ2) is 6.18. The summed E-state index contributed by atoms with van der Waals surface area (Å²) in [5.41, 5.74) is 2.15. The second-order valence-electron chi connectivity index (χ2n) is 6.50. The van der Waals surface area contributed by atoms with Gasteiger partial charge in [0.2, 0.25) is 0 Å². The van der Waals surface area contributed by atoms with Gasteiger partial charge < -0.3 is 10.0 Å². The average Bonchev–Trinajstić information content (AvgIpc) is 3.38. The molecule has 7 heteroatoms. The van der Waals surface area contributed by atoms with Crippen molar-refractivity contribution in [2.24, 2.45) is 5.92 Å². The highest BCUT2D eigenvalue weighted by Crippen LogP contribution is 2.40. The largest absolute Gasteiger partial charge is 0.386 e. The number of pyridine rings is 1. The SMILES string of the molecule is O=C(c1ccncc1Cl)N1CCCn2nc([C@H](O)C3CC3)cc2C1. The second-order valence-corrected chi connectivity index (χ2v) is 6.91. The van der Waals surface area contributed by atoms with Crippen molar-refractivity contribution < 1.29 is 9.90 Å². The van der Waals surface area contributed by atoms with Crippen LogP contribution < -0.4 is 0 Å². The van der Waals surface area contributed by atoms with Crippen LogP contribution in [0.5, 0.6) is 0 Å². The number of rotatable bonds is 3. The van der Waals surface area contributed by atoms with E-state index in [2.05, 4.69) is 10.1 Å². The van der Waals surface area contributed by atoms with E-state index in [0.717, 1.165) is 37.2 Å². The summed E-state index contributed by atoms with van der Waals surface area (Å²) < 4.78 is 1.92. The van der Waals surface area contributed by atoms with Crippen LogP contribution in [0.15, 0.2) is 24.5 Å². The van der Waals surface area contributed by atoms with E-state index in [1.807, 2.05) is 10.7 Å². The Kier molecular flexibility index (Phi) is 4.02. The number of carbonyl (C=O) groups excluding carboxylic acids is 1. The van der Waals surface area contributed by atoms with Gasteiger partial charge in [0.15, 0.2) is 0 Å². The minimum absolute atomic E-state index is 0.0960. The van der Waals surface area contributed by atoms with Gasteiger partial charge in [0.25, 0.3) is 5.91 Å². The molecule has 1 N–H and O–H groups in total. The molecule has 0 radical (unpaired) electrons. The molecule has 1 saturated carbocycles. The van der Waals surface area contributed by atoms with Crippen LogP contribution in [0.2, 0.25) is 5.02 Å². The highest BCUT2D eigenvalue weighted by molar-refractivity contribution is 6.33. The molecule has 1 fully saturated rings. The van der Waals surface area contributed by atoms with Crippen LogP contribution in [0.3, 0.4) is 0 Å². The van der Waals surface area contributed by atoms with Gasteiger partial charge in [-0.3, -0.25) is 14.5 Å². The maximum absolute atomic E-state index is 12.8. The van der Waals surface area contributed by atoms with Gasteiger partial charge in [-0.25, -0.2) is 0 Å². The molecule has 0 unspecified atom stereocenters. The fraction of sp³-hybridized carbons (Fsp3) is 0.471. The minimum Gasteiger partial charge on any atom is -0.386 e. The van der Waals surface area contributed by atoms with Gasteiger partial charge in [-0.2, -0.15) is 5.10 Å². The molecule has 6 nitrogen and oxygen atoms in total. The third-order valence-corrected chi connectivity index (χ3v) is 5.00. The lowest BCUT2D eigenvalue weighted by Crippen LogP contribution is -2.31. The summed E-state index contributed by atoms with van der Waals surface area (Å²) in [6.45, 7) is 1.88. The molecule has 1 aliphatic carbocycles. The molecule has 0 bridgehead atoms. The summed E-state index contributed by atoms with van der Waals surface area (Å²) in [5, 5.41) is 15.2. The molecule has 1 amide bonds. The summed E-state index contributed by atoms with van der Waals surface area (Å²) in [7, 11) is 0. The molecule has 4 rings (SSSR count). The van der Waals surface area contributed by atoms with E-state index < -0.39 is 6.10 Å². The van der Waals surface area contributed by atoms with Crippen LogP contribution >= 0.6 is 11.6 Å². The Bertz CT molecular complexity index is 772. The normalized spacial score (nSPS) is 18.8. The lowest BCUT2D eigenvalue weighted by Gasteiger charge is -2.20. The van der Waals surface area contributed by atoms with Gasteiger partial charge in [0.1, 0.15) is 6.10 Å². The average molecular weight is 347 g/mol. The number of aryl methyl sites for hydroxylation is 1. The number of amides is 1. The number of fused-ring (bicyclic) bond motifs is 1. The summed E-state index contributed by atoms with van der Waals surface area (Å²) in [6.07, 6.45) is 5.53. The first-order chi connectivity index (χ1) is 11.6. The van der Waals surface area contributed by atoms with Crippen LogP contribution in [0.25, 0.3) is 0 Å². The third kappa shape index (κ3) is 2.91. The molecule has 2 aromatic rings. The number of halogens is 1. The van der Waals surface area contributed by atoms with Crippen LogP contribution in [0.1, 0.15) is 47.1 Å². The van der Waals surface area contributed by atoms with Gasteiger partial charge in [0.05, 0.1) is 28.5 Å². The quantitative estimate of drug-likeness (QED) is 0.926. The fourth-order valence-electron chi connectivity index (χ4n) is 3.17. The molecule has 2 aromatic heterocycles. The number of hydrogen-bond donors (Lipinski definition) is 1. The molecular weight excluding hydrogens is 328 g/mol. The van der Waals surface area contributed by atoms with Crippen molar-refractivity contribution in [2.75, 3.05) is 6.54 Å². The van der Waals surface area contributed by atoms with Crippen molar-refractivity contribution in [2.45, 2.75) is 38.5 Å². The summed E-state index contributed by atoms with van der Waals surface area (Å²) in [5.74, 6) is 0.249. The number of aromatic nitrogens is 3. The maximum Gasteiger partial charge on any atom is 0.255 e. The Morgan fingerprint density at radius 1 is 1.38 bits per heavy atom. The number of nitrogens with zero attached hydrogens (tertiary/aromatic N) is 4. The Labute approximate surface area is 145 Å². The topological polar surface area (TPSA) is 71.2 Å². The minimum atomic E-state index is -0.483. The Morgan fingerprint density at radius 3 is 2.96 bits per heavy atom. The number of aliphatic hydroxyl groups excluding tert-OH is 1. The van der Waals surface area contributed by atoms with E-state index in [1.165, 1.54) is 6.20 Å². The molecule has 0 aromatic carbocycles. The summed E-state index contributed by atoms with van der Waals surface area (Å²) in [4.78, 5) is 18.5. The van der Waals surface area contributed by atoms with E-state index >= 15 is 0 Å². The molecule has 3 heterocycles. The van der Waals surface area contributed by atoms with E-state index in [0.29, 0.717) is 29.6 Å². The lowest BCUT2D eigenvalue weighted by molar-refractivity contribution is 0.0746. The van der Waals surface area contributed by atoms with Crippen LogP contribution in [0.4, 0.5) is 0 Å². The molecule has 0 saturated heterocycles. The molecular formula is C17H19ClN4O2. The van der Waals surface area contributed by atoms with Crippen molar-refractivity contribution in [1.82, 2.24) is 19.7 Å². The Morgan fingerprint density at radius 2 is 2.21 bits per heavy atom. The Hall–Kier alpha value is -1.92. The van der Waals surface area contributed by atoms with Crippen molar-refractivity contribution in [3.8, 4) is 0 Å². The van der Waals surface area contributed by atoms with E-state index in [4.69, 9.17) is 11.6 Å². The molecule has 126 valence electrons. The first-order valence-electron chi connectivity index (χ1n) is 8.27. The zero-order chi connectivity index (χ0) is 16.7. The molecule has 1 atom stereocenters. The lowest BCUT2D eigenvalue weighted by atomic mass is 10.1. The molecule has 1 aliphatic heterocycles. The fourth-order valence-corrected chi connectivity index (χ4v) is 3.37. The van der Waals surface area contributed by atoms with Gasteiger partial charge in [-0.1, -0.05) is 11.6 Å². The van der Waals surface area contributed by atoms with E-state index in [1.54, 1.807) is 17.2 Å². The zero-order valence-electron chi connectivity index (χ0n) is 13.2. The summed E-state index contributed by atoms with van der Waals surface area (Å²) >= 11 is 6.11. The molecule has 2 aliphatic rings. The van der Waals surface area contributed by atoms with Gasteiger partial charge in [-0.05, 0) is 37.3 Å². The number of hydrogen-bond acceptors (Lipinski definition) is 4. The highest BCUT2D eigenvalue weighted by atomic mass is 35.5. The molecule has 24 heavy (non-hydrogen) atoms. The van der Waals surface area contributed by atoms with Gasteiger partial charge in [-0.15, -0.1) is 0 Å². The van der Waals surface area contributed by atoms with Gasteiger partial charge >= 0.3 is 0 Å². The molecule has 0 spiro atoms. The summed E-state index contributed by atoms with van der Waals surface area (Å²) in [6, 6.07) is 3.58. The maximum atomic E-state index is 12.8. The van der Waals surface area contributed by atoms with Crippen LogP contribution in [0, 0.1) is 5.92 Å².